The Hall–Kier alpha value is -1.24. The first kappa shape index (κ1) is 18.1. The van der Waals surface area contributed by atoms with Crippen LogP contribution in [0.2, 0.25) is 5.02 Å². The van der Waals surface area contributed by atoms with Crippen LogP contribution in [0.15, 0.2) is 12.1 Å². The average Bonchev–Trinajstić information content (AvgIpc) is 2.55. The van der Waals surface area contributed by atoms with E-state index in [1.165, 1.54) is 0 Å². The molecule has 0 unspecified atom stereocenters. The standard InChI is InChI=1S/C16H21ClF2N2O2/c17-13-11-15(19)14(18)10-12(13)16(23)21-7-5-20(6-8-21)4-2-1-3-9-22/h10-11,22H,1-9H2. The number of amides is 1. The number of hydrogen-bond donors (Lipinski definition) is 1. The van der Waals surface area contributed by atoms with Gasteiger partial charge in [0.1, 0.15) is 0 Å². The minimum Gasteiger partial charge on any atom is -0.396 e. The van der Waals surface area contributed by atoms with Crippen molar-refractivity contribution in [1.82, 2.24) is 9.80 Å². The van der Waals surface area contributed by atoms with Crippen molar-refractivity contribution in [1.29, 1.82) is 0 Å². The van der Waals surface area contributed by atoms with Crippen LogP contribution in [-0.2, 0) is 0 Å². The van der Waals surface area contributed by atoms with E-state index >= 15 is 0 Å². The Bertz CT molecular complexity index is 549. The number of rotatable bonds is 6. The topological polar surface area (TPSA) is 43.8 Å². The average molecular weight is 347 g/mol. The first-order valence-corrected chi connectivity index (χ1v) is 8.17. The third-order valence-corrected chi connectivity index (χ3v) is 4.35. The van der Waals surface area contributed by atoms with Crippen LogP contribution in [0.25, 0.3) is 0 Å². The number of carbonyl (C=O) groups excluding carboxylic acids is 1. The predicted molar refractivity (Wildman–Crippen MR) is 84.6 cm³/mol. The van der Waals surface area contributed by atoms with Crippen molar-refractivity contribution in [2.75, 3.05) is 39.3 Å². The van der Waals surface area contributed by atoms with Crippen LogP contribution < -0.4 is 0 Å². The molecule has 1 amide bonds. The zero-order chi connectivity index (χ0) is 16.8. The molecule has 1 aliphatic heterocycles. The summed E-state index contributed by atoms with van der Waals surface area (Å²) in [6.07, 6.45) is 2.82. The molecule has 128 valence electrons. The molecule has 1 saturated heterocycles. The molecule has 1 heterocycles. The number of carbonyl (C=O) groups is 1. The van der Waals surface area contributed by atoms with E-state index in [-0.39, 0.29) is 23.1 Å². The first-order chi connectivity index (χ1) is 11.0. The lowest BCUT2D eigenvalue weighted by atomic mass is 10.1. The zero-order valence-corrected chi connectivity index (χ0v) is 13.7. The molecule has 2 rings (SSSR count). The van der Waals surface area contributed by atoms with Crippen LogP contribution in [0.3, 0.4) is 0 Å². The van der Waals surface area contributed by atoms with Crippen LogP contribution in [0.4, 0.5) is 8.78 Å². The number of hydrogen-bond acceptors (Lipinski definition) is 3. The van der Waals surface area contributed by atoms with Crippen LogP contribution in [0, 0.1) is 11.6 Å². The van der Waals surface area contributed by atoms with Gasteiger partial charge in [0.05, 0.1) is 10.6 Å². The van der Waals surface area contributed by atoms with Gasteiger partial charge in [-0.15, -0.1) is 0 Å². The molecule has 1 fully saturated rings. The maximum Gasteiger partial charge on any atom is 0.255 e. The molecule has 0 aliphatic carbocycles. The second kappa shape index (κ2) is 8.57. The number of unbranched alkanes of at least 4 members (excludes halogenated alkanes) is 2. The lowest BCUT2D eigenvalue weighted by Gasteiger charge is -2.35. The summed E-state index contributed by atoms with van der Waals surface area (Å²) in [4.78, 5) is 16.3. The largest absolute Gasteiger partial charge is 0.396 e. The molecule has 0 radical (unpaired) electrons. The number of piperazine rings is 1. The third kappa shape index (κ3) is 4.86. The third-order valence-electron chi connectivity index (χ3n) is 4.03. The van der Waals surface area contributed by atoms with Gasteiger partial charge in [-0.1, -0.05) is 11.6 Å². The second-order valence-electron chi connectivity index (χ2n) is 5.66. The Balaban J connectivity index is 1.87. The van der Waals surface area contributed by atoms with E-state index in [2.05, 4.69) is 4.90 Å². The summed E-state index contributed by atoms with van der Waals surface area (Å²) in [5.74, 6) is -2.49. The minimum atomic E-state index is -1.07. The van der Waals surface area contributed by atoms with Gasteiger partial charge >= 0.3 is 0 Å². The van der Waals surface area contributed by atoms with E-state index in [4.69, 9.17) is 16.7 Å². The van der Waals surface area contributed by atoms with Crippen molar-refractivity contribution in [3.8, 4) is 0 Å². The summed E-state index contributed by atoms with van der Waals surface area (Å²) in [6.45, 7) is 3.71. The number of halogens is 3. The van der Waals surface area contributed by atoms with Crippen molar-refractivity contribution in [2.45, 2.75) is 19.3 Å². The van der Waals surface area contributed by atoms with Crippen LogP contribution in [0.1, 0.15) is 29.6 Å². The smallest absolute Gasteiger partial charge is 0.255 e. The van der Waals surface area contributed by atoms with E-state index in [9.17, 15) is 13.6 Å². The molecule has 1 aliphatic rings. The fraction of sp³-hybridized carbons (Fsp3) is 0.562. The number of benzene rings is 1. The summed E-state index contributed by atoms with van der Waals surface area (Å²) in [6, 6.07) is 1.70. The summed E-state index contributed by atoms with van der Waals surface area (Å²) in [5, 5.41) is 8.68. The maximum absolute atomic E-state index is 13.3. The molecule has 1 aromatic carbocycles. The Labute approximate surface area is 139 Å². The molecular weight excluding hydrogens is 326 g/mol. The van der Waals surface area contributed by atoms with E-state index in [0.29, 0.717) is 13.1 Å². The molecule has 0 spiro atoms. The molecule has 23 heavy (non-hydrogen) atoms. The molecule has 1 N–H and O–H groups in total. The predicted octanol–water partition coefficient (Wildman–Crippen LogP) is 2.54. The van der Waals surface area contributed by atoms with E-state index in [0.717, 1.165) is 51.0 Å². The van der Waals surface area contributed by atoms with Crippen molar-refractivity contribution in [2.24, 2.45) is 0 Å². The highest BCUT2D eigenvalue weighted by Gasteiger charge is 2.24. The minimum absolute atomic E-state index is 0.00182. The van der Waals surface area contributed by atoms with Crippen LogP contribution >= 0.6 is 11.6 Å². The van der Waals surface area contributed by atoms with Gasteiger partial charge in [-0.2, -0.15) is 0 Å². The van der Waals surface area contributed by atoms with Crippen molar-refractivity contribution < 1.29 is 18.7 Å². The SMILES string of the molecule is O=C(c1cc(F)c(F)cc1Cl)N1CCN(CCCCCO)CC1. The molecule has 0 atom stereocenters. The van der Waals surface area contributed by atoms with Gasteiger partial charge in [0.15, 0.2) is 11.6 Å². The van der Waals surface area contributed by atoms with Crippen molar-refractivity contribution in [3.63, 3.8) is 0 Å². The summed E-state index contributed by atoms with van der Waals surface area (Å²) < 4.78 is 26.4. The van der Waals surface area contributed by atoms with Gasteiger partial charge in [0, 0.05) is 32.8 Å². The molecule has 0 aromatic heterocycles. The number of aliphatic hydroxyl groups is 1. The first-order valence-electron chi connectivity index (χ1n) is 7.80. The van der Waals surface area contributed by atoms with E-state index in [1.54, 1.807) is 4.90 Å². The van der Waals surface area contributed by atoms with E-state index in [1.807, 2.05) is 0 Å². The monoisotopic (exact) mass is 346 g/mol. The van der Waals surface area contributed by atoms with Crippen LogP contribution in [0.5, 0.6) is 0 Å². The highest BCUT2D eigenvalue weighted by molar-refractivity contribution is 6.33. The highest BCUT2D eigenvalue weighted by Crippen LogP contribution is 2.22. The van der Waals surface area contributed by atoms with Gasteiger partial charge in [0.25, 0.3) is 5.91 Å². The Morgan fingerprint density at radius 2 is 1.74 bits per heavy atom. The number of aliphatic hydroxyl groups excluding tert-OH is 1. The molecule has 0 saturated carbocycles. The van der Waals surface area contributed by atoms with Gasteiger partial charge in [-0.3, -0.25) is 9.69 Å². The van der Waals surface area contributed by atoms with Gasteiger partial charge in [0.2, 0.25) is 0 Å². The fourth-order valence-electron chi connectivity index (χ4n) is 2.66. The molecule has 0 bridgehead atoms. The Morgan fingerprint density at radius 3 is 2.39 bits per heavy atom. The Kier molecular flexibility index (Phi) is 6.74. The second-order valence-corrected chi connectivity index (χ2v) is 6.07. The summed E-state index contributed by atoms with van der Waals surface area (Å²) >= 11 is 5.86. The zero-order valence-electron chi connectivity index (χ0n) is 12.9. The molecular formula is C16H21ClF2N2O2. The summed E-state index contributed by atoms with van der Waals surface area (Å²) in [5.41, 5.74) is 0.00182. The normalized spacial score (nSPS) is 15.9. The molecule has 7 heteroatoms. The lowest BCUT2D eigenvalue weighted by molar-refractivity contribution is 0.0634. The molecule has 1 aromatic rings. The quantitative estimate of drug-likeness (QED) is 0.636. The Morgan fingerprint density at radius 1 is 1.09 bits per heavy atom. The van der Waals surface area contributed by atoms with Crippen LogP contribution in [-0.4, -0.2) is 60.1 Å². The fourth-order valence-corrected chi connectivity index (χ4v) is 2.89. The van der Waals surface area contributed by atoms with Gasteiger partial charge in [-0.05, 0) is 37.9 Å². The van der Waals surface area contributed by atoms with Crippen molar-refractivity contribution in [3.05, 3.63) is 34.4 Å². The van der Waals surface area contributed by atoms with Gasteiger partial charge < -0.3 is 10.0 Å². The van der Waals surface area contributed by atoms with Crippen molar-refractivity contribution >= 4 is 17.5 Å². The highest BCUT2D eigenvalue weighted by atomic mass is 35.5. The summed E-state index contributed by atoms with van der Waals surface area (Å²) in [7, 11) is 0. The van der Waals surface area contributed by atoms with Gasteiger partial charge in [-0.25, -0.2) is 8.78 Å². The number of nitrogens with zero attached hydrogens (tertiary/aromatic N) is 2. The molecule has 4 nitrogen and oxygen atoms in total. The van der Waals surface area contributed by atoms with E-state index < -0.39 is 11.6 Å². The maximum atomic E-state index is 13.3. The lowest BCUT2D eigenvalue weighted by Crippen LogP contribution is -2.48.